The van der Waals surface area contributed by atoms with Crippen LogP contribution in [0.4, 0.5) is 4.39 Å². The fourth-order valence-electron chi connectivity index (χ4n) is 3.27. The van der Waals surface area contributed by atoms with Crippen molar-refractivity contribution in [1.29, 1.82) is 0 Å². The van der Waals surface area contributed by atoms with Gasteiger partial charge in [0.2, 0.25) is 0 Å². The molecule has 0 amide bonds. The molecule has 0 saturated heterocycles. The average molecular weight is 354 g/mol. The summed E-state index contributed by atoms with van der Waals surface area (Å²) in [6.07, 6.45) is 0. The van der Waals surface area contributed by atoms with Gasteiger partial charge < -0.3 is 9.05 Å². The van der Waals surface area contributed by atoms with Crippen molar-refractivity contribution in [2.75, 3.05) is 21.1 Å². The number of hydrogen-bond donors (Lipinski definition) is 0. The summed E-state index contributed by atoms with van der Waals surface area (Å²) in [6.45, 7) is 1.58. The number of benzene rings is 1. The van der Waals surface area contributed by atoms with E-state index in [0.29, 0.717) is 6.54 Å². The van der Waals surface area contributed by atoms with Gasteiger partial charge in [0.25, 0.3) is 0 Å². The largest absolute Gasteiger partial charge is 0.326 e. The smallest absolute Gasteiger partial charge is 0.123 e. The summed E-state index contributed by atoms with van der Waals surface area (Å²) in [7, 11) is 6.60. The minimum Gasteiger partial charge on any atom is -0.326 e. The summed E-state index contributed by atoms with van der Waals surface area (Å²) in [6, 6.07) is 13.1. The van der Waals surface area contributed by atoms with E-state index in [9.17, 15) is 4.39 Å². The Kier molecular flexibility index (Phi) is 3.85. The van der Waals surface area contributed by atoms with Crippen LogP contribution in [0.2, 0.25) is 0 Å². The van der Waals surface area contributed by atoms with Crippen molar-refractivity contribution in [2.24, 2.45) is 4.99 Å². The molecule has 1 aromatic carbocycles. The maximum Gasteiger partial charge on any atom is 0.123 e. The summed E-state index contributed by atoms with van der Waals surface area (Å²) in [5.41, 5.74) is 5.51. The molecule has 25 heavy (non-hydrogen) atoms. The molecule has 2 aromatic heterocycles. The third kappa shape index (κ3) is 3.05. The molecule has 0 radical (unpaired) electrons. The van der Waals surface area contributed by atoms with Crippen LogP contribution in [0.25, 0.3) is 5.00 Å². The van der Waals surface area contributed by atoms with Crippen LogP contribution >= 0.6 is 11.3 Å². The van der Waals surface area contributed by atoms with Gasteiger partial charge in [0, 0.05) is 16.8 Å². The number of nitrogens with zero attached hydrogens (tertiary/aromatic N) is 3. The van der Waals surface area contributed by atoms with Crippen molar-refractivity contribution in [3.8, 4) is 5.00 Å². The average Bonchev–Trinajstić information content (AvgIpc) is 3.12. The van der Waals surface area contributed by atoms with Crippen LogP contribution in [-0.4, -0.2) is 35.9 Å². The highest BCUT2D eigenvalue weighted by Gasteiger charge is 2.24. The predicted molar refractivity (Wildman–Crippen MR) is 101 cm³/mol. The zero-order valence-corrected chi connectivity index (χ0v) is 15.5. The number of thiophene rings is 1. The number of aromatic nitrogens is 1. The SMILES string of the molecule is C[N+](C)(C)Cc1ccc2n1-c1sccc1C(c1ccc(F)cc1)=NC2. The Labute approximate surface area is 151 Å². The van der Waals surface area contributed by atoms with E-state index in [1.54, 1.807) is 11.3 Å². The maximum atomic E-state index is 13.3. The van der Waals surface area contributed by atoms with E-state index in [1.165, 1.54) is 28.5 Å². The van der Waals surface area contributed by atoms with E-state index in [1.807, 2.05) is 12.1 Å². The van der Waals surface area contributed by atoms with Gasteiger partial charge in [0.05, 0.1) is 39.1 Å². The van der Waals surface area contributed by atoms with Crippen LogP contribution < -0.4 is 0 Å². The highest BCUT2D eigenvalue weighted by molar-refractivity contribution is 7.13. The molecule has 4 rings (SSSR count). The Morgan fingerprint density at radius 3 is 2.56 bits per heavy atom. The van der Waals surface area contributed by atoms with E-state index in [-0.39, 0.29) is 5.82 Å². The predicted octanol–water partition coefficient (Wildman–Crippen LogP) is 4.24. The normalized spacial score (nSPS) is 13.8. The monoisotopic (exact) mass is 354 g/mol. The maximum absolute atomic E-state index is 13.3. The van der Waals surface area contributed by atoms with Gasteiger partial charge in [-0.2, -0.15) is 0 Å². The molecule has 0 saturated carbocycles. The number of aliphatic imine (C=N–C) groups is 1. The van der Waals surface area contributed by atoms with Gasteiger partial charge in [-0.05, 0) is 47.8 Å². The summed E-state index contributed by atoms with van der Waals surface area (Å²) < 4.78 is 16.5. The Morgan fingerprint density at radius 2 is 1.84 bits per heavy atom. The van der Waals surface area contributed by atoms with E-state index in [2.05, 4.69) is 49.3 Å². The third-order valence-corrected chi connectivity index (χ3v) is 5.20. The first-order chi connectivity index (χ1) is 11.9. The lowest BCUT2D eigenvalue weighted by Crippen LogP contribution is -2.34. The number of hydrogen-bond acceptors (Lipinski definition) is 2. The zero-order valence-electron chi connectivity index (χ0n) is 14.7. The first kappa shape index (κ1) is 16.2. The first-order valence-corrected chi connectivity index (χ1v) is 9.19. The van der Waals surface area contributed by atoms with E-state index < -0.39 is 0 Å². The molecule has 5 heteroatoms. The van der Waals surface area contributed by atoms with Crippen LogP contribution in [0.1, 0.15) is 22.5 Å². The van der Waals surface area contributed by atoms with Crippen molar-refractivity contribution in [2.45, 2.75) is 13.1 Å². The van der Waals surface area contributed by atoms with Gasteiger partial charge in [-0.3, -0.25) is 4.99 Å². The highest BCUT2D eigenvalue weighted by Crippen LogP contribution is 2.32. The molecule has 128 valence electrons. The van der Waals surface area contributed by atoms with Gasteiger partial charge in [-0.15, -0.1) is 11.3 Å². The topological polar surface area (TPSA) is 17.3 Å². The van der Waals surface area contributed by atoms with Crippen molar-refractivity contribution in [3.05, 3.63) is 76.2 Å². The second-order valence-corrected chi connectivity index (χ2v) is 8.31. The quantitative estimate of drug-likeness (QED) is 0.626. The highest BCUT2D eigenvalue weighted by atomic mass is 32.1. The molecule has 0 aliphatic carbocycles. The third-order valence-electron chi connectivity index (χ3n) is 4.30. The van der Waals surface area contributed by atoms with Gasteiger partial charge in [0.15, 0.2) is 0 Å². The number of rotatable bonds is 3. The van der Waals surface area contributed by atoms with Crippen LogP contribution in [0.15, 0.2) is 52.8 Å². The lowest BCUT2D eigenvalue weighted by atomic mass is 10.0. The standard InChI is InChI=1S/C20H21FN3S/c1-24(2,3)13-17-9-8-16-12-22-19(14-4-6-15(21)7-5-14)18-10-11-25-20(18)23(16)17/h4-11H,12-13H2,1-3H3/q+1. The lowest BCUT2D eigenvalue weighted by molar-refractivity contribution is -0.884. The first-order valence-electron chi connectivity index (χ1n) is 8.31. The van der Waals surface area contributed by atoms with Crippen molar-refractivity contribution >= 4 is 17.0 Å². The summed E-state index contributed by atoms with van der Waals surface area (Å²) in [4.78, 5) is 4.86. The Balaban J connectivity index is 1.83. The van der Waals surface area contributed by atoms with Gasteiger partial charge in [-0.25, -0.2) is 4.39 Å². The van der Waals surface area contributed by atoms with E-state index in [0.717, 1.165) is 27.9 Å². The molecule has 0 bridgehead atoms. The second-order valence-electron chi connectivity index (χ2n) is 7.41. The molecular formula is C20H21FN3S+. The van der Waals surface area contributed by atoms with Crippen LogP contribution in [-0.2, 0) is 13.1 Å². The Morgan fingerprint density at radius 1 is 1.08 bits per heavy atom. The summed E-state index contributed by atoms with van der Waals surface area (Å²) in [5, 5.41) is 3.30. The zero-order chi connectivity index (χ0) is 17.6. The fourth-order valence-corrected chi connectivity index (χ4v) is 4.24. The molecule has 0 atom stereocenters. The number of quaternary nitrogens is 1. The van der Waals surface area contributed by atoms with Gasteiger partial charge in [0.1, 0.15) is 17.4 Å². The van der Waals surface area contributed by atoms with E-state index in [4.69, 9.17) is 4.99 Å². The molecule has 0 unspecified atom stereocenters. The van der Waals surface area contributed by atoms with Crippen LogP contribution in [0.5, 0.6) is 0 Å². The van der Waals surface area contributed by atoms with E-state index >= 15 is 0 Å². The molecule has 1 aliphatic rings. The molecule has 3 aromatic rings. The molecule has 3 nitrogen and oxygen atoms in total. The molecular weight excluding hydrogens is 333 g/mol. The lowest BCUT2D eigenvalue weighted by Gasteiger charge is -2.24. The molecule has 0 N–H and O–H groups in total. The van der Waals surface area contributed by atoms with Crippen molar-refractivity contribution < 1.29 is 8.87 Å². The molecule has 1 aliphatic heterocycles. The minimum absolute atomic E-state index is 0.222. The number of halogens is 1. The fraction of sp³-hybridized carbons (Fsp3) is 0.250. The molecule has 0 spiro atoms. The molecule has 3 heterocycles. The minimum atomic E-state index is -0.222. The van der Waals surface area contributed by atoms with Crippen molar-refractivity contribution in [1.82, 2.24) is 4.57 Å². The van der Waals surface area contributed by atoms with Crippen molar-refractivity contribution in [3.63, 3.8) is 0 Å². The number of fused-ring (bicyclic) bond motifs is 3. The van der Waals surface area contributed by atoms with Gasteiger partial charge >= 0.3 is 0 Å². The Bertz CT molecular complexity index is 942. The second kappa shape index (κ2) is 5.93. The Hall–Kier alpha value is -2.24. The molecule has 0 fully saturated rings. The van der Waals surface area contributed by atoms with Crippen LogP contribution in [0.3, 0.4) is 0 Å². The van der Waals surface area contributed by atoms with Gasteiger partial charge in [-0.1, -0.05) is 0 Å². The summed E-state index contributed by atoms with van der Waals surface area (Å²) >= 11 is 1.73. The summed E-state index contributed by atoms with van der Waals surface area (Å²) in [5.74, 6) is -0.222. The van der Waals surface area contributed by atoms with Crippen LogP contribution in [0, 0.1) is 5.82 Å².